The van der Waals surface area contributed by atoms with E-state index in [0.717, 1.165) is 6.42 Å². The Labute approximate surface area is 149 Å². The van der Waals surface area contributed by atoms with Crippen LogP contribution in [-0.2, 0) is 11.2 Å². The van der Waals surface area contributed by atoms with Crippen LogP contribution in [0.15, 0.2) is 59.8 Å². The molecule has 0 atom stereocenters. The van der Waals surface area contributed by atoms with Crippen molar-refractivity contribution in [1.29, 1.82) is 0 Å². The number of nitrogens with zero attached hydrogens (tertiary/aromatic N) is 2. The fourth-order valence-corrected chi connectivity index (χ4v) is 2.89. The number of halogens is 1. The zero-order valence-corrected chi connectivity index (χ0v) is 14.2. The first-order chi connectivity index (χ1) is 12.2. The third-order valence-corrected chi connectivity index (χ3v) is 4.35. The summed E-state index contributed by atoms with van der Waals surface area (Å²) < 4.78 is 13.7. The van der Waals surface area contributed by atoms with Crippen molar-refractivity contribution in [3.05, 3.63) is 66.0 Å². The second-order valence-electron chi connectivity index (χ2n) is 5.32. The molecular formula is C18H17FN4OS. The first kappa shape index (κ1) is 17.2. The zero-order chi connectivity index (χ0) is 17.5. The van der Waals surface area contributed by atoms with E-state index in [4.69, 9.17) is 0 Å². The second kappa shape index (κ2) is 8.43. The second-order valence-corrected chi connectivity index (χ2v) is 6.26. The summed E-state index contributed by atoms with van der Waals surface area (Å²) >= 11 is 1.21. The van der Waals surface area contributed by atoms with Crippen LogP contribution in [0, 0.1) is 5.82 Å². The predicted octanol–water partition coefficient (Wildman–Crippen LogP) is 3.06. The molecule has 0 spiro atoms. The van der Waals surface area contributed by atoms with Crippen molar-refractivity contribution in [2.24, 2.45) is 0 Å². The van der Waals surface area contributed by atoms with Gasteiger partial charge in [-0.1, -0.05) is 54.2 Å². The van der Waals surface area contributed by atoms with Gasteiger partial charge in [-0.25, -0.2) is 9.37 Å². The molecule has 0 aliphatic rings. The summed E-state index contributed by atoms with van der Waals surface area (Å²) in [5, 5.41) is 9.99. The lowest BCUT2D eigenvalue weighted by atomic mass is 10.1. The van der Waals surface area contributed by atoms with Gasteiger partial charge in [0.1, 0.15) is 5.82 Å². The van der Waals surface area contributed by atoms with Gasteiger partial charge in [0.25, 0.3) is 0 Å². The summed E-state index contributed by atoms with van der Waals surface area (Å²) in [4.78, 5) is 16.1. The lowest BCUT2D eigenvalue weighted by Gasteiger charge is -2.04. The predicted molar refractivity (Wildman–Crippen MR) is 95.7 cm³/mol. The number of thioether (sulfide) groups is 1. The van der Waals surface area contributed by atoms with E-state index < -0.39 is 0 Å². The van der Waals surface area contributed by atoms with Gasteiger partial charge >= 0.3 is 0 Å². The van der Waals surface area contributed by atoms with E-state index in [1.54, 1.807) is 18.2 Å². The van der Waals surface area contributed by atoms with E-state index in [1.807, 2.05) is 30.3 Å². The van der Waals surface area contributed by atoms with Crippen LogP contribution in [-0.4, -0.2) is 33.4 Å². The Morgan fingerprint density at radius 2 is 1.88 bits per heavy atom. The van der Waals surface area contributed by atoms with Crippen molar-refractivity contribution < 1.29 is 9.18 Å². The number of carbonyl (C=O) groups is 1. The van der Waals surface area contributed by atoms with E-state index in [0.29, 0.717) is 23.1 Å². The van der Waals surface area contributed by atoms with Gasteiger partial charge in [-0.05, 0) is 24.1 Å². The quantitative estimate of drug-likeness (QED) is 0.638. The van der Waals surface area contributed by atoms with Gasteiger partial charge < -0.3 is 5.32 Å². The van der Waals surface area contributed by atoms with Crippen LogP contribution in [0.4, 0.5) is 4.39 Å². The maximum Gasteiger partial charge on any atom is 0.230 e. The molecule has 1 aromatic heterocycles. The van der Waals surface area contributed by atoms with E-state index in [2.05, 4.69) is 20.5 Å². The number of carbonyl (C=O) groups excluding carboxylic acids is 1. The van der Waals surface area contributed by atoms with Crippen molar-refractivity contribution in [3.8, 4) is 11.4 Å². The van der Waals surface area contributed by atoms with Crippen molar-refractivity contribution in [2.45, 2.75) is 11.6 Å². The van der Waals surface area contributed by atoms with Crippen LogP contribution in [0.2, 0.25) is 0 Å². The van der Waals surface area contributed by atoms with Crippen LogP contribution < -0.4 is 5.32 Å². The summed E-state index contributed by atoms with van der Waals surface area (Å²) in [6.45, 7) is 0.581. The summed E-state index contributed by atoms with van der Waals surface area (Å²) in [6.07, 6.45) is 0.787. The first-order valence-corrected chi connectivity index (χ1v) is 8.81. The molecule has 0 bridgehead atoms. The molecule has 7 heteroatoms. The molecule has 1 heterocycles. The molecule has 0 fully saturated rings. The summed E-state index contributed by atoms with van der Waals surface area (Å²) in [5.41, 5.74) is 1.54. The van der Waals surface area contributed by atoms with E-state index in [1.165, 1.54) is 23.4 Å². The highest BCUT2D eigenvalue weighted by atomic mass is 32.2. The van der Waals surface area contributed by atoms with Crippen LogP contribution in [0.5, 0.6) is 0 Å². The number of hydrogen-bond donors (Lipinski definition) is 2. The highest BCUT2D eigenvalue weighted by Crippen LogP contribution is 2.21. The highest BCUT2D eigenvalue weighted by molar-refractivity contribution is 7.99. The number of H-pyrrole nitrogens is 1. The number of amides is 1. The van der Waals surface area contributed by atoms with Crippen LogP contribution in [0.25, 0.3) is 11.4 Å². The van der Waals surface area contributed by atoms with Crippen molar-refractivity contribution >= 4 is 17.7 Å². The average Bonchev–Trinajstić information content (AvgIpc) is 3.10. The Morgan fingerprint density at radius 3 is 2.68 bits per heavy atom. The van der Waals surface area contributed by atoms with Gasteiger partial charge in [-0.15, -0.1) is 5.10 Å². The van der Waals surface area contributed by atoms with E-state index in [-0.39, 0.29) is 17.5 Å². The topological polar surface area (TPSA) is 70.7 Å². The molecule has 0 aliphatic heterocycles. The molecule has 5 nitrogen and oxygen atoms in total. The molecule has 3 aromatic rings. The molecular weight excluding hydrogens is 339 g/mol. The third kappa shape index (κ3) is 4.90. The Hall–Kier alpha value is -2.67. The highest BCUT2D eigenvalue weighted by Gasteiger charge is 2.11. The Bertz CT molecular complexity index is 838. The lowest BCUT2D eigenvalue weighted by molar-refractivity contribution is -0.118. The summed E-state index contributed by atoms with van der Waals surface area (Å²) in [6, 6.07) is 16.3. The molecule has 0 radical (unpaired) electrons. The van der Waals surface area contributed by atoms with Crippen LogP contribution >= 0.6 is 11.8 Å². The minimum Gasteiger partial charge on any atom is -0.355 e. The molecule has 0 saturated carbocycles. The smallest absolute Gasteiger partial charge is 0.230 e. The average molecular weight is 356 g/mol. The summed E-state index contributed by atoms with van der Waals surface area (Å²) in [7, 11) is 0. The fraction of sp³-hybridized carbons (Fsp3) is 0.167. The standard InChI is InChI=1S/C18H17FN4OS/c19-15-9-5-4-8-14(15)17-21-18(23-22-17)25-12-16(24)20-11-10-13-6-2-1-3-7-13/h1-9H,10-12H2,(H,20,24)(H,21,22,23). The number of aromatic amines is 1. The van der Waals surface area contributed by atoms with Crippen molar-refractivity contribution in [2.75, 3.05) is 12.3 Å². The van der Waals surface area contributed by atoms with Crippen LogP contribution in [0.3, 0.4) is 0 Å². The number of hydrogen-bond acceptors (Lipinski definition) is 4. The molecule has 0 aliphatic carbocycles. The molecule has 3 rings (SSSR count). The normalized spacial score (nSPS) is 10.6. The van der Waals surface area contributed by atoms with Crippen molar-refractivity contribution in [3.63, 3.8) is 0 Å². The van der Waals surface area contributed by atoms with Gasteiger partial charge in [0, 0.05) is 6.54 Å². The molecule has 1 amide bonds. The number of benzene rings is 2. The largest absolute Gasteiger partial charge is 0.355 e. The third-order valence-electron chi connectivity index (χ3n) is 3.50. The molecule has 2 aromatic carbocycles. The minimum atomic E-state index is -0.367. The number of nitrogens with one attached hydrogen (secondary N) is 2. The van der Waals surface area contributed by atoms with Crippen LogP contribution in [0.1, 0.15) is 5.56 Å². The molecule has 2 N–H and O–H groups in total. The maximum absolute atomic E-state index is 13.7. The Balaban J connectivity index is 1.46. The number of rotatable bonds is 7. The first-order valence-electron chi connectivity index (χ1n) is 7.83. The van der Waals surface area contributed by atoms with Gasteiger partial charge in [-0.3, -0.25) is 9.89 Å². The van der Waals surface area contributed by atoms with Gasteiger partial charge in [-0.2, -0.15) is 0 Å². The van der Waals surface area contributed by atoms with Gasteiger partial charge in [0.05, 0.1) is 11.3 Å². The molecule has 128 valence electrons. The molecule has 25 heavy (non-hydrogen) atoms. The summed E-state index contributed by atoms with van der Waals surface area (Å²) in [5.74, 6) is 0.112. The molecule has 0 unspecified atom stereocenters. The van der Waals surface area contributed by atoms with E-state index >= 15 is 0 Å². The Morgan fingerprint density at radius 1 is 1.12 bits per heavy atom. The monoisotopic (exact) mass is 356 g/mol. The van der Waals surface area contributed by atoms with Gasteiger partial charge in [0.15, 0.2) is 5.82 Å². The lowest BCUT2D eigenvalue weighted by Crippen LogP contribution is -2.27. The Kier molecular flexibility index (Phi) is 5.79. The maximum atomic E-state index is 13.7. The number of aromatic nitrogens is 3. The van der Waals surface area contributed by atoms with E-state index in [9.17, 15) is 9.18 Å². The minimum absolute atomic E-state index is 0.0850. The molecule has 0 saturated heterocycles. The SMILES string of the molecule is O=C(CSc1n[nH]c(-c2ccccc2F)n1)NCCc1ccccc1. The van der Waals surface area contributed by atoms with Crippen molar-refractivity contribution in [1.82, 2.24) is 20.5 Å². The fourth-order valence-electron chi connectivity index (χ4n) is 2.26. The zero-order valence-electron chi connectivity index (χ0n) is 13.4. The van der Waals surface area contributed by atoms with Gasteiger partial charge in [0.2, 0.25) is 11.1 Å².